The second-order valence-electron chi connectivity index (χ2n) is 17.3. The van der Waals surface area contributed by atoms with E-state index in [1.54, 1.807) is 12.1 Å². The van der Waals surface area contributed by atoms with Gasteiger partial charge in [-0.3, -0.25) is 19.3 Å². The lowest BCUT2D eigenvalue weighted by atomic mass is 9.85. The number of aromatic amines is 1. The molecule has 0 spiro atoms. The average molecular weight is 848 g/mol. The maximum absolute atomic E-state index is 14.1. The summed E-state index contributed by atoms with van der Waals surface area (Å²) in [6.07, 6.45) is 4.43. The lowest BCUT2D eigenvalue weighted by Gasteiger charge is -2.44. The van der Waals surface area contributed by atoms with Crippen molar-refractivity contribution in [2.75, 3.05) is 26.2 Å². The number of esters is 1. The van der Waals surface area contributed by atoms with Crippen LogP contribution in [0.4, 0.5) is 0 Å². The van der Waals surface area contributed by atoms with Crippen LogP contribution in [-0.4, -0.2) is 69.2 Å². The van der Waals surface area contributed by atoms with E-state index in [-0.39, 0.29) is 41.6 Å². The quantitative estimate of drug-likeness (QED) is 0.0577. The Bertz CT molecular complexity index is 2550. The molecule has 5 aromatic carbocycles. The molecule has 3 fully saturated rings. The summed E-state index contributed by atoms with van der Waals surface area (Å²) in [5.41, 5.74) is 6.40. The number of hydrogen-bond acceptors (Lipinski definition) is 8. The van der Waals surface area contributed by atoms with Gasteiger partial charge in [0.05, 0.1) is 18.0 Å². The Morgan fingerprint density at radius 3 is 2.37 bits per heavy atom. The van der Waals surface area contributed by atoms with Crippen LogP contribution in [0, 0.1) is 12.8 Å². The Morgan fingerprint density at radius 2 is 1.60 bits per heavy atom. The SMILES string of the molecule is Cc1cccc(CN(CCCCC[C@H](O)c2ccc(O)c3[nH]c(=O)ccc23)C(=O)c2ccc(COc3cccc([C@@H](CC(=O)O[C@H]4CN5CCC4CC5)c4ccccc4)c3)cc2)c1. The first-order chi connectivity index (χ1) is 30.7. The lowest BCUT2D eigenvalue weighted by Crippen LogP contribution is -2.52. The third kappa shape index (κ3) is 11.1. The summed E-state index contributed by atoms with van der Waals surface area (Å²) in [5, 5.41) is 21.9. The molecule has 6 aromatic rings. The second-order valence-corrected chi connectivity index (χ2v) is 17.3. The molecule has 3 N–H and O–H groups in total. The van der Waals surface area contributed by atoms with Crippen LogP contribution < -0.4 is 10.3 Å². The van der Waals surface area contributed by atoms with Crippen LogP contribution in [0.5, 0.6) is 11.5 Å². The number of aromatic nitrogens is 1. The number of H-pyrrole nitrogens is 1. The van der Waals surface area contributed by atoms with Crippen LogP contribution in [0.2, 0.25) is 0 Å². The fourth-order valence-electron chi connectivity index (χ4n) is 9.26. The van der Waals surface area contributed by atoms with E-state index in [1.807, 2.05) is 96.8 Å². The van der Waals surface area contributed by atoms with Crippen molar-refractivity contribution in [3.63, 3.8) is 0 Å². The van der Waals surface area contributed by atoms with Gasteiger partial charge in [-0.1, -0.05) is 103 Å². The number of fused-ring (bicyclic) bond motifs is 4. The number of phenols is 1. The van der Waals surface area contributed by atoms with Crippen molar-refractivity contribution in [1.82, 2.24) is 14.8 Å². The number of pyridine rings is 1. The molecule has 10 heteroatoms. The minimum atomic E-state index is -0.767. The van der Waals surface area contributed by atoms with Gasteiger partial charge in [-0.05, 0) is 116 Å². The summed E-state index contributed by atoms with van der Waals surface area (Å²) in [6, 6.07) is 40.1. The molecule has 2 bridgehead atoms. The van der Waals surface area contributed by atoms with Gasteiger partial charge in [-0.15, -0.1) is 0 Å². The minimum Gasteiger partial charge on any atom is -0.506 e. The number of nitrogens with zero attached hydrogens (tertiary/aromatic N) is 2. The number of aliphatic hydroxyl groups is 1. The molecule has 1 amide bonds. The molecule has 326 valence electrons. The highest BCUT2D eigenvalue weighted by atomic mass is 16.5. The minimum absolute atomic E-state index is 0.0300. The van der Waals surface area contributed by atoms with Crippen molar-refractivity contribution in [3.05, 3.63) is 177 Å². The van der Waals surface area contributed by atoms with Crippen LogP contribution in [-0.2, 0) is 22.7 Å². The highest BCUT2D eigenvalue weighted by Crippen LogP contribution is 2.34. The van der Waals surface area contributed by atoms with E-state index in [0.717, 1.165) is 79.6 Å². The molecule has 0 aliphatic carbocycles. The van der Waals surface area contributed by atoms with Crippen molar-refractivity contribution in [2.24, 2.45) is 5.92 Å². The van der Waals surface area contributed by atoms with E-state index in [1.165, 1.54) is 12.1 Å². The number of phenolic OH excluding ortho intramolecular Hbond substituents is 1. The van der Waals surface area contributed by atoms with Crippen LogP contribution in [0.25, 0.3) is 10.9 Å². The van der Waals surface area contributed by atoms with Gasteiger partial charge in [0.1, 0.15) is 24.2 Å². The smallest absolute Gasteiger partial charge is 0.307 e. The van der Waals surface area contributed by atoms with Crippen molar-refractivity contribution in [1.29, 1.82) is 0 Å². The van der Waals surface area contributed by atoms with Gasteiger partial charge in [0, 0.05) is 42.6 Å². The molecule has 4 heterocycles. The Hall–Kier alpha value is -6.23. The zero-order valence-electron chi connectivity index (χ0n) is 36.0. The summed E-state index contributed by atoms with van der Waals surface area (Å²) in [5.74, 6) is 0.715. The molecule has 3 aliphatic heterocycles. The normalized spacial score (nSPS) is 17.8. The summed E-state index contributed by atoms with van der Waals surface area (Å²) in [7, 11) is 0. The number of benzene rings is 5. The molecule has 9 rings (SSSR count). The number of unbranched alkanes of at least 4 members (excludes halogenated alkanes) is 2. The molecule has 3 saturated heterocycles. The highest BCUT2D eigenvalue weighted by Gasteiger charge is 2.37. The van der Waals surface area contributed by atoms with Gasteiger partial charge in [0.2, 0.25) is 5.56 Å². The van der Waals surface area contributed by atoms with Gasteiger partial charge >= 0.3 is 5.97 Å². The number of aryl methyl sites for hydroxylation is 1. The molecule has 0 radical (unpaired) electrons. The summed E-state index contributed by atoms with van der Waals surface area (Å²) < 4.78 is 12.4. The molecular formula is C53H57N3O7. The van der Waals surface area contributed by atoms with Gasteiger partial charge < -0.3 is 29.6 Å². The maximum atomic E-state index is 14.1. The van der Waals surface area contributed by atoms with Gasteiger partial charge in [-0.25, -0.2) is 0 Å². The van der Waals surface area contributed by atoms with Gasteiger partial charge in [-0.2, -0.15) is 0 Å². The zero-order valence-corrected chi connectivity index (χ0v) is 36.0. The average Bonchev–Trinajstić information content (AvgIpc) is 3.30. The fraction of sp³-hybridized carbons (Fsp3) is 0.340. The molecule has 10 nitrogen and oxygen atoms in total. The summed E-state index contributed by atoms with van der Waals surface area (Å²) in [4.78, 5) is 46.3. The van der Waals surface area contributed by atoms with Crippen LogP contribution >= 0.6 is 0 Å². The number of ether oxygens (including phenoxy) is 2. The molecule has 3 atom stereocenters. The Balaban J connectivity index is 0.878. The largest absolute Gasteiger partial charge is 0.506 e. The van der Waals surface area contributed by atoms with E-state index in [4.69, 9.17) is 9.47 Å². The number of carbonyl (C=O) groups excluding carboxylic acids is 2. The molecular weight excluding hydrogens is 791 g/mol. The Kier molecular flexibility index (Phi) is 14.0. The Labute approximate surface area is 369 Å². The molecule has 0 unspecified atom stereocenters. The topological polar surface area (TPSA) is 132 Å². The van der Waals surface area contributed by atoms with Crippen LogP contribution in [0.15, 0.2) is 132 Å². The number of aliphatic hydroxyl groups excluding tert-OH is 1. The van der Waals surface area contributed by atoms with E-state index in [9.17, 15) is 24.6 Å². The Morgan fingerprint density at radius 1 is 0.825 bits per heavy atom. The van der Waals surface area contributed by atoms with E-state index in [0.29, 0.717) is 59.8 Å². The van der Waals surface area contributed by atoms with Crippen molar-refractivity contribution < 1.29 is 29.3 Å². The van der Waals surface area contributed by atoms with Crippen molar-refractivity contribution in [3.8, 4) is 11.5 Å². The first-order valence-corrected chi connectivity index (χ1v) is 22.3. The lowest BCUT2D eigenvalue weighted by molar-refractivity contribution is -0.159. The monoisotopic (exact) mass is 847 g/mol. The molecule has 0 saturated carbocycles. The van der Waals surface area contributed by atoms with Crippen molar-refractivity contribution in [2.45, 2.75) is 83.1 Å². The highest BCUT2D eigenvalue weighted by molar-refractivity contribution is 5.94. The number of carbonyl (C=O) groups is 2. The first-order valence-electron chi connectivity index (χ1n) is 22.3. The van der Waals surface area contributed by atoms with Gasteiger partial charge in [0.15, 0.2) is 0 Å². The number of amides is 1. The predicted octanol–water partition coefficient (Wildman–Crippen LogP) is 9.22. The second kappa shape index (κ2) is 20.3. The standard InChI is InChI=1S/C53H57N3O7/c1-36-10-8-11-38(30-36)33-56(27-7-3-6-16-47(57)44-21-23-48(58)52-45(44)22-24-50(59)54-52)53(61)41-19-17-37(18-20-41)35-62-43-15-9-14-42(31-43)46(39-12-4-2-5-13-39)32-51(60)63-49-34-55-28-25-40(49)26-29-55/h2,4-5,8-15,17-24,30-31,40,46-47,49,57-58H,3,6-7,16,25-29,32-35H2,1H3,(H,54,59)/t46-,47-,49-/m0/s1. The van der Waals surface area contributed by atoms with Crippen LogP contribution in [0.1, 0.15) is 101 Å². The fourth-order valence-corrected chi connectivity index (χ4v) is 9.26. The summed E-state index contributed by atoms with van der Waals surface area (Å²) >= 11 is 0. The maximum Gasteiger partial charge on any atom is 0.307 e. The molecule has 3 aliphatic rings. The van der Waals surface area contributed by atoms with E-state index in [2.05, 4.69) is 28.1 Å². The third-order valence-corrected chi connectivity index (χ3v) is 12.7. The van der Waals surface area contributed by atoms with Gasteiger partial charge in [0.25, 0.3) is 5.91 Å². The van der Waals surface area contributed by atoms with E-state index >= 15 is 0 Å². The van der Waals surface area contributed by atoms with Crippen LogP contribution in [0.3, 0.4) is 0 Å². The number of piperidine rings is 3. The number of rotatable bonds is 18. The van der Waals surface area contributed by atoms with Crippen molar-refractivity contribution >= 4 is 22.8 Å². The summed E-state index contributed by atoms with van der Waals surface area (Å²) in [6.45, 7) is 6.41. The number of aromatic hydroxyl groups is 1. The predicted molar refractivity (Wildman–Crippen MR) is 245 cm³/mol. The number of hydrogen-bond donors (Lipinski definition) is 3. The third-order valence-electron chi connectivity index (χ3n) is 12.7. The first kappa shape index (κ1) is 43.4. The molecule has 63 heavy (non-hydrogen) atoms. The zero-order chi connectivity index (χ0) is 43.7. The number of nitrogens with one attached hydrogen (secondary N) is 1. The molecule has 1 aromatic heterocycles. The van der Waals surface area contributed by atoms with E-state index < -0.39 is 6.10 Å².